The average molecular weight is 284 g/mol. The molecule has 0 aromatic heterocycles. The minimum Gasteiger partial charge on any atom is -0.399 e. The van der Waals surface area contributed by atoms with E-state index in [-0.39, 0.29) is 11.7 Å². The Hall–Kier alpha value is -2.36. The standard InChI is InChI=1S/C17H17FN2O/c1-11-7-13(9-14(18)8-11)17(21)20-6-2-3-12-10-15(19)4-5-16(12)20/h4-5,7-10H,2-3,6,19H2,1H3. The molecule has 1 amide bonds. The maximum absolute atomic E-state index is 13.5. The summed E-state index contributed by atoms with van der Waals surface area (Å²) in [7, 11) is 0. The van der Waals surface area contributed by atoms with E-state index in [0.717, 1.165) is 29.7 Å². The molecule has 0 bridgehead atoms. The Morgan fingerprint density at radius 3 is 2.81 bits per heavy atom. The van der Waals surface area contributed by atoms with Crippen molar-refractivity contribution < 1.29 is 9.18 Å². The number of anilines is 2. The lowest BCUT2D eigenvalue weighted by Crippen LogP contribution is -2.35. The minimum absolute atomic E-state index is 0.164. The Labute approximate surface area is 123 Å². The van der Waals surface area contributed by atoms with Crippen LogP contribution in [0.15, 0.2) is 36.4 Å². The Morgan fingerprint density at radius 2 is 2.05 bits per heavy atom. The van der Waals surface area contributed by atoms with E-state index in [4.69, 9.17) is 5.73 Å². The predicted octanol–water partition coefficient (Wildman–Crippen LogP) is 3.31. The summed E-state index contributed by atoms with van der Waals surface area (Å²) >= 11 is 0. The Balaban J connectivity index is 2.00. The maximum Gasteiger partial charge on any atom is 0.258 e. The minimum atomic E-state index is -0.382. The van der Waals surface area contributed by atoms with E-state index in [9.17, 15) is 9.18 Å². The van der Waals surface area contributed by atoms with E-state index < -0.39 is 0 Å². The van der Waals surface area contributed by atoms with Crippen LogP contribution in [0.4, 0.5) is 15.8 Å². The van der Waals surface area contributed by atoms with Gasteiger partial charge in [0.05, 0.1) is 0 Å². The van der Waals surface area contributed by atoms with Crippen molar-refractivity contribution in [1.82, 2.24) is 0 Å². The van der Waals surface area contributed by atoms with Crippen LogP contribution in [0, 0.1) is 12.7 Å². The predicted molar refractivity (Wildman–Crippen MR) is 82.0 cm³/mol. The first kappa shape index (κ1) is 13.6. The number of benzene rings is 2. The number of rotatable bonds is 1. The van der Waals surface area contributed by atoms with Crippen LogP contribution >= 0.6 is 0 Å². The van der Waals surface area contributed by atoms with E-state index in [1.54, 1.807) is 24.0 Å². The average Bonchev–Trinajstić information content (AvgIpc) is 2.44. The van der Waals surface area contributed by atoms with Crippen molar-refractivity contribution in [1.29, 1.82) is 0 Å². The van der Waals surface area contributed by atoms with Crippen molar-refractivity contribution in [3.8, 4) is 0 Å². The smallest absolute Gasteiger partial charge is 0.258 e. The van der Waals surface area contributed by atoms with Crippen molar-refractivity contribution in [2.75, 3.05) is 17.2 Å². The molecular formula is C17H17FN2O. The molecule has 0 fully saturated rings. The van der Waals surface area contributed by atoms with Gasteiger partial charge < -0.3 is 10.6 Å². The van der Waals surface area contributed by atoms with E-state index in [1.807, 2.05) is 12.1 Å². The van der Waals surface area contributed by atoms with Crippen LogP contribution in [-0.4, -0.2) is 12.5 Å². The summed E-state index contributed by atoms with van der Waals surface area (Å²) in [5.41, 5.74) is 9.58. The Bertz CT molecular complexity index is 692. The number of carbonyl (C=O) groups is 1. The van der Waals surface area contributed by atoms with Crippen LogP contribution in [0.1, 0.15) is 27.9 Å². The molecule has 1 aliphatic heterocycles. The maximum atomic E-state index is 13.5. The van der Waals surface area contributed by atoms with E-state index in [2.05, 4.69) is 0 Å². The molecule has 2 aromatic carbocycles. The number of aryl methyl sites for hydroxylation is 2. The zero-order valence-electron chi connectivity index (χ0n) is 11.9. The molecule has 21 heavy (non-hydrogen) atoms. The van der Waals surface area contributed by atoms with Gasteiger partial charge in [-0.05, 0) is 67.3 Å². The molecule has 108 valence electrons. The number of amides is 1. The second-order valence-electron chi connectivity index (χ2n) is 5.47. The normalized spacial score (nSPS) is 13.9. The quantitative estimate of drug-likeness (QED) is 0.817. The molecule has 3 rings (SSSR count). The van der Waals surface area contributed by atoms with Gasteiger partial charge in [0.15, 0.2) is 0 Å². The fourth-order valence-corrected chi connectivity index (χ4v) is 2.84. The van der Waals surface area contributed by atoms with Gasteiger partial charge in [-0.3, -0.25) is 4.79 Å². The highest BCUT2D eigenvalue weighted by atomic mass is 19.1. The highest BCUT2D eigenvalue weighted by molar-refractivity contribution is 6.07. The molecule has 0 saturated carbocycles. The number of nitrogens with two attached hydrogens (primary N) is 1. The number of nitrogen functional groups attached to an aromatic ring is 1. The van der Waals surface area contributed by atoms with Crippen LogP contribution in [0.5, 0.6) is 0 Å². The third-order valence-electron chi connectivity index (χ3n) is 3.76. The molecular weight excluding hydrogens is 267 g/mol. The molecule has 3 nitrogen and oxygen atoms in total. The summed E-state index contributed by atoms with van der Waals surface area (Å²) in [4.78, 5) is 14.4. The monoisotopic (exact) mass is 284 g/mol. The highest BCUT2D eigenvalue weighted by Gasteiger charge is 2.24. The molecule has 0 radical (unpaired) electrons. The lowest BCUT2D eigenvalue weighted by atomic mass is 10.00. The molecule has 0 saturated heterocycles. The molecule has 2 aromatic rings. The summed E-state index contributed by atoms with van der Waals surface area (Å²) in [6.07, 6.45) is 1.79. The van der Waals surface area contributed by atoms with Gasteiger partial charge in [-0.25, -0.2) is 4.39 Å². The fraction of sp³-hybridized carbons (Fsp3) is 0.235. The SMILES string of the molecule is Cc1cc(F)cc(C(=O)N2CCCc3cc(N)ccc32)c1. The lowest BCUT2D eigenvalue weighted by Gasteiger charge is -2.30. The molecule has 0 aliphatic carbocycles. The van der Waals surface area contributed by atoms with Gasteiger partial charge in [0.1, 0.15) is 5.82 Å². The number of hydrogen-bond donors (Lipinski definition) is 1. The first-order valence-electron chi connectivity index (χ1n) is 7.02. The number of halogens is 1. The largest absolute Gasteiger partial charge is 0.399 e. The van der Waals surface area contributed by atoms with Crippen LogP contribution in [0.2, 0.25) is 0 Å². The molecule has 4 heteroatoms. The number of nitrogens with zero attached hydrogens (tertiary/aromatic N) is 1. The van der Waals surface area contributed by atoms with Gasteiger partial charge >= 0.3 is 0 Å². The van der Waals surface area contributed by atoms with E-state index in [1.165, 1.54) is 12.1 Å². The summed E-state index contributed by atoms with van der Waals surface area (Å²) in [5.74, 6) is -0.545. The highest BCUT2D eigenvalue weighted by Crippen LogP contribution is 2.30. The van der Waals surface area contributed by atoms with Crippen LogP contribution in [0.3, 0.4) is 0 Å². The lowest BCUT2D eigenvalue weighted by molar-refractivity contribution is 0.0984. The van der Waals surface area contributed by atoms with Gasteiger partial charge in [0.25, 0.3) is 5.91 Å². The van der Waals surface area contributed by atoms with Gasteiger partial charge in [-0.2, -0.15) is 0 Å². The third-order valence-corrected chi connectivity index (χ3v) is 3.76. The van der Waals surface area contributed by atoms with Crippen LogP contribution < -0.4 is 10.6 Å². The first-order valence-corrected chi connectivity index (χ1v) is 7.02. The molecule has 0 atom stereocenters. The molecule has 1 heterocycles. The summed E-state index contributed by atoms with van der Waals surface area (Å²) < 4.78 is 13.5. The van der Waals surface area contributed by atoms with Crippen molar-refractivity contribution >= 4 is 17.3 Å². The van der Waals surface area contributed by atoms with Gasteiger partial charge in [-0.1, -0.05) is 0 Å². The second-order valence-corrected chi connectivity index (χ2v) is 5.47. The molecule has 0 unspecified atom stereocenters. The van der Waals surface area contributed by atoms with Gasteiger partial charge in [0, 0.05) is 23.5 Å². The number of hydrogen-bond acceptors (Lipinski definition) is 2. The zero-order valence-corrected chi connectivity index (χ0v) is 11.9. The van der Waals surface area contributed by atoms with Crippen molar-refractivity contribution in [2.24, 2.45) is 0 Å². The van der Waals surface area contributed by atoms with E-state index in [0.29, 0.717) is 17.8 Å². The van der Waals surface area contributed by atoms with Crippen molar-refractivity contribution in [3.63, 3.8) is 0 Å². The first-order chi connectivity index (χ1) is 10.0. The van der Waals surface area contributed by atoms with Gasteiger partial charge in [-0.15, -0.1) is 0 Å². The third kappa shape index (κ3) is 2.61. The van der Waals surface area contributed by atoms with Gasteiger partial charge in [0.2, 0.25) is 0 Å². The summed E-state index contributed by atoms with van der Waals surface area (Å²) in [6, 6.07) is 10.0. The Morgan fingerprint density at radius 1 is 1.24 bits per heavy atom. The van der Waals surface area contributed by atoms with Crippen molar-refractivity contribution in [3.05, 3.63) is 58.9 Å². The zero-order chi connectivity index (χ0) is 15.0. The summed E-state index contributed by atoms with van der Waals surface area (Å²) in [5, 5.41) is 0. The topological polar surface area (TPSA) is 46.3 Å². The second kappa shape index (κ2) is 5.20. The Kier molecular flexibility index (Phi) is 3.37. The van der Waals surface area contributed by atoms with Crippen LogP contribution in [-0.2, 0) is 6.42 Å². The summed E-state index contributed by atoms with van der Waals surface area (Å²) in [6.45, 7) is 2.43. The molecule has 0 spiro atoms. The molecule has 2 N–H and O–H groups in total. The van der Waals surface area contributed by atoms with Crippen LogP contribution in [0.25, 0.3) is 0 Å². The van der Waals surface area contributed by atoms with E-state index >= 15 is 0 Å². The number of fused-ring (bicyclic) bond motifs is 1. The number of carbonyl (C=O) groups excluding carboxylic acids is 1. The van der Waals surface area contributed by atoms with Crippen molar-refractivity contribution in [2.45, 2.75) is 19.8 Å². The fourth-order valence-electron chi connectivity index (χ4n) is 2.84. The molecule has 1 aliphatic rings.